The highest BCUT2D eigenvalue weighted by molar-refractivity contribution is 5.51. The molecule has 0 radical (unpaired) electrons. The average molecular weight is 237 g/mol. The summed E-state index contributed by atoms with van der Waals surface area (Å²) < 4.78 is 37.5. The number of hydrogen-bond acceptors (Lipinski definition) is 4. The van der Waals surface area contributed by atoms with Crippen LogP contribution < -0.4 is 5.73 Å². The summed E-state index contributed by atoms with van der Waals surface area (Å²) in [6.07, 6.45) is -4.68. The van der Waals surface area contributed by atoms with E-state index in [1.54, 1.807) is 0 Å². The maximum atomic E-state index is 12.5. The predicted octanol–water partition coefficient (Wildman–Crippen LogP) is 1.41. The van der Waals surface area contributed by atoms with Crippen LogP contribution in [0.5, 0.6) is 17.2 Å². The van der Waals surface area contributed by atoms with E-state index in [0.717, 1.165) is 0 Å². The number of benzene rings is 1. The van der Waals surface area contributed by atoms with Gasteiger partial charge in [0.25, 0.3) is 0 Å². The lowest BCUT2D eigenvalue weighted by Gasteiger charge is -2.20. The largest absolute Gasteiger partial charge is 0.508 e. The molecular formula is C9H10F3NO3. The summed E-state index contributed by atoms with van der Waals surface area (Å²) in [4.78, 5) is 0. The molecule has 0 fully saturated rings. The van der Waals surface area contributed by atoms with Crippen LogP contribution in [0.15, 0.2) is 12.1 Å². The minimum absolute atomic E-state index is 0.531. The van der Waals surface area contributed by atoms with Crippen LogP contribution in [0.2, 0.25) is 0 Å². The molecular weight excluding hydrogens is 227 g/mol. The van der Waals surface area contributed by atoms with E-state index in [4.69, 9.17) is 10.8 Å². The van der Waals surface area contributed by atoms with Gasteiger partial charge < -0.3 is 21.1 Å². The molecule has 0 aliphatic heterocycles. The molecule has 0 spiro atoms. The molecule has 4 nitrogen and oxygen atoms in total. The molecule has 0 aliphatic carbocycles. The lowest BCUT2D eigenvalue weighted by atomic mass is 9.96. The monoisotopic (exact) mass is 237 g/mol. The van der Waals surface area contributed by atoms with Crippen molar-refractivity contribution in [2.75, 3.05) is 6.54 Å². The molecule has 1 aromatic carbocycles. The fourth-order valence-corrected chi connectivity index (χ4v) is 1.38. The first-order valence-electron chi connectivity index (χ1n) is 4.29. The van der Waals surface area contributed by atoms with Crippen LogP contribution in [0.4, 0.5) is 13.2 Å². The Morgan fingerprint density at radius 2 is 1.56 bits per heavy atom. The molecule has 1 unspecified atom stereocenters. The fourth-order valence-electron chi connectivity index (χ4n) is 1.38. The molecule has 0 aromatic heterocycles. The van der Waals surface area contributed by atoms with Crippen molar-refractivity contribution >= 4 is 0 Å². The summed E-state index contributed by atoms with van der Waals surface area (Å²) in [5.74, 6) is -4.39. The summed E-state index contributed by atoms with van der Waals surface area (Å²) in [6, 6.07) is 1.42. The van der Waals surface area contributed by atoms with Crippen LogP contribution >= 0.6 is 0 Å². The first kappa shape index (κ1) is 12.4. The fraction of sp³-hybridized carbons (Fsp3) is 0.333. The standard InChI is InChI=1S/C9H10F3NO3/c10-9(11,12)5(3-13)8-6(15)1-4(14)2-7(8)16/h1-2,5,14-16H,3,13H2. The van der Waals surface area contributed by atoms with E-state index in [2.05, 4.69) is 0 Å². The second-order valence-corrected chi connectivity index (χ2v) is 3.23. The zero-order chi connectivity index (χ0) is 12.5. The molecule has 0 saturated carbocycles. The topological polar surface area (TPSA) is 86.7 Å². The first-order chi connectivity index (χ1) is 7.27. The highest BCUT2D eigenvalue weighted by Crippen LogP contribution is 2.44. The zero-order valence-corrected chi connectivity index (χ0v) is 7.99. The van der Waals surface area contributed by atoms with E-state index < -0.39 is 41.5 Å². The van der Waals surface area contributed by atoms with Crippen molar-refractivity contribution in [1.82, 2.24) is 0 Å². The van der Waals surface area contributed by atoms with Crippen LogP contribution in [0.3, 0.4) is 0 Å². The minimum atomic E-state index is -4.68. The average Bonchev–Trinajstić information content (AvgIpc) is 2.08. The Kier molecular flexibility index (Phi) is 3.18. The van der Waals surface area contributed by atoms with E-state index in [9.17, 15) is 23.4 Å². The number of alkyl halides is 3. The van der Waals surface area contributed by atoms with Gasteiger partial charge in [-0.1, -0.05) is 0 Å². The Hall–Kier alpha value is -1.63. The van der Waals surface area contributed by atoms with Gasteiger partial charge in [0.1, 0.15) is 17.2 Å². The maximum Gasteiger partial charge on any atom is 0.397 e. The summed E-state index contributed by atoms with van der Waals surface area (Å²) >= 11 is 0. The van der Waals surface area contributed by atoms with Crippen LogP contribution in [-0.4, -0.2) is 28.0 Å². The summed E-state index contributed by atoms with van der Waals surface area (Å²) in [5.41, 5.74) is 4.23. The molecule has 0 saturated heterocycles. The van der Waals surface area contributed by atoms with Gasteiger partial charge in [-0.15, -0.1) is 0 Å². The highest BCUT2D eigenvalue weighted by atomic mass is 19.4. The molecule has 0 amide bonds. The second-order valence-electron chi connectivity index (χ2n) is 3.23. The molecule has 0 bridgehead atoms. The molecule has 0 heterocycles. The van der Waals surface area contributed by atoms with Crippen molar-refractivity contribution in [3.8, 4) is 17.2 Å². The summed E-state index contributed by atoms with van der Waals surface area (Å²) in [6.45, 7) is -0.810. The third-order valence-corrected chi connectivity index (χ3v) is 2.10. The Labute approximate surface area is 88.7 Å². The van der Waals surface area contributed by atoms with Crippen molar-refractivity contribution in [3.05, 3.63) is 17.7 Å². The van der Waals surface area contributed by atoms with Crippen LogP contribution in [-0.2, 0) is 0 Å². The number of aromatic hydroxyl groups is 3. The summed E-state index contributed by atoms with van der Waals surface area (Å²) in [5, 5.41) is 27.5. The van der Waals surface area contributed by atoms with Gasteiger partial charge in [0.2, 0.25) is 0 Å². The first-order valence-corrected chi connectivity index (χ1v) is 4.29. The third-order valence-electron chi connectivity index (χ3n) is 2.10. The molecule has 16 heavy (non-hydrogen) atoms. The van der Waals surface area contributed by atoms with Gasteiger partial charge in [-0.2, -0.15) is 13.2 Å². The number of nitrogens with two attached hydrogens (primary N) is 1. The minimum Gasteiger partial charge on any atom is -0.508 e. The lowest BCUT2D eigenvalue weighted by molar-refractivity contribution is -0.148. The van der Waals surface area contributed by atoms with E-state index in [1.165, 1.54) is 0 Å². The number of halogens is 3. The number of phenolic OH excluding ortho intramolecular Hbond substituents is 3. The SMILES string of the molecule is NCC(c1c(O)cc(O)cc1O)C(F)(F)F. The van der Waals surface area contributed by atoms with Crippen molar-refractivity contribution in [3.63, 3.8) is 0 Å². The number of rotatable bonds is 2. The van der Waals surface area contributed by atoms with Gasteiger partial charge in [-0.25, -0.2) is 0 Å². The van der Waals surface area contributed by atoms with Gasteiger partial charge in [0.15, 0.2) is 0 Å². The highest BCUT2D eigenvalue weighted by Gasteiger charge is 2.42. The van der Waals surface area contributed by atoms with Crippen molar-refractivity contribution in [2.24, 2.45) is 5.73 Å². The molecule has 5 N–H and O–H groups in total. The van der Waals surface area contributed by atoms with E-state index in [0.29, 0.717) is 12.1 Å². The smallest absolute Gasteiger partial charge is 0.397 e. The third kappa shape index (κ3) is 2.30. The molecule has 1 rings (SSSR count). The molecule has 90 valence electrons. The van der Waals surface area contributed by atoms with E-state index >= 15 is 0 Å². The van der Waals surface area contributed by atoms with E-state index in [-0.39, 0.29) is 0 Å². The van der Waals surface area contributed by atoms with Crippen LogP contribution in [0.1, 0.15) is 11.5 Å². The molecule has 1 atom stereocenters. The van der Waals surface area contributed by atoms with Gasteiger partial charge >= 0.3 is 6.18 Å². The van der Waals surface area contributed by atoms with Gasteiger partial charge in [0, 0.05) is 24.2 Å². The maximum absolute atomic E-state index is 12.5. The Bertz CT molecular complexity index is 369. The zero-order valence-electron chi connectivity index (χ0n) is 7.99. The second kappa shape index (κ2) is 4.09. The van der Waals surface area contributed by atoms with Crippen LogP contribution in [0.25, 0.3) is 0 Å². The molecule has 7 heteroatoms. The van der Waals surface area contributed by atoms with Crippen molar-refractivity contribution in [1.29, 1.82) is 0 Å². The molecule has 0 aliphatic rings. The summed E-state index contributed by atoms with van der Waals surface area (Å²) in [7, 11) is 0. The quantitative estimate of drug-likeness (QED) is 0.626. The van der Waals surface area contributed by atoms with Gasteiger partial charge in [0.05, 0.1) is 5.92 Å². The Morgan fingerprint density at radius 3 is 1.88 bits per heavy atom. The normalized spacial score (nSPS) is 13.8. The van der Waals surface area contributed by atoms with Gasteiger partial charge in [-0.05, 0) is 0 Å². The number of hydrogen-bond donors (Lipinski definition) is 4. The van der Waals surface area contributed by atoms with Crippen molar-refractivity contribution in [2.45, 2.75) is 12.1 Å². The lowest BCUT2D eigenvalue weighted by Crippen LogP contribution is -2.28. The Balaban J connectivity index is 3.31. The Morgan fingerprint density at radius 1 is 1.12 bits per heavy atom. The molecule has 1 aromatic rings. The van der Waals surface area contributed by atoms with Gasteiger partial charge in [-0.3, -0.25) is 0 Å². The predicted molar refractivity (Wildman–Crippen MR) is 49.3 cm³/mol. The van der Waals surface area contributed by atoms with E-state index in [1.807, 2.05) is 0 Å². The van der Waals surface area contributed by atoms with Crippen molar-refractivity contribution < 1.29 is 28.5 Å². The number of phenols is 3. The van der Waals surface area contributed by atoms with Crippen LogP contribution in [0, 0.1) is 0 Å².